The van der Waals surface area contributed by atoms with Gasteiger partial charge in [0.1, 0.15) is 0 Å². The molecule has 1 fully saturated rings. The minimum Gasteiger partial charge on any atom is -0.375 e. The highest BCUT2D eigenvalue weighted by atomic mass is 16.5. The van der Waals surface area contributed by atoms with Crippen LogP contribution in [0, 0.1) is 0 Å². The Balaban J connectivity index is 1.48. The minimum absolute atomic E-state index is 0.146. The first-order valence-electron chi connectivity index (χ1n) is 12.3. The van der Waals surface area contributed by atoms with Crippen molar-refractivity contribution in [3.05, 3.63) is 48.0 Å². The average Bonchev–Trinajstić information content (AvgIpc) is 3.45. The van der Waals surface area contributed by atoms with Gasteiger partial charge in [0.15, 0.2) is 0 Å². The lowest BCUT2D eigenvalue weighted by atomic mass is 10.1. The van der Waals surface area contributed by atoms with Crippen molar-refractivity contribution in [2.75, 3.05) is 6.61 Å². The van der Waals surface area contributed by atoms with E-state index in [1.165, 1.54) is 76.2 Å². The van der Waals surface area contributed by atoms with E-state index in [1.54, 1.807) is 6.92 Å². The van der Waals surface area contributed by atoms with Crippen molar-refractivity contribution < 1.29 is 9.53 Å². The van der Waals surface area contributed by atoms with Crippen molar-refractivity contribution in [2.24, 2.45) is 0 Å². The summed E-state index contributed by atoms with van der Waals surface area (Å²) in [6.07, 6.45) is 20.8. The fourth-order valence-electron chi connectivity index (χ4n) is 4.18. The summed E-state index contributed by atoms with van der Waals surface area (Å²) in [5.41, 5.74) is 1.18. The number of hydrogen-bond donors (Lipinski definition) is 0. The zero-order chi connectivity index (χ0) is 21.4. The molecule has 0 aromatic heterocycles. The van der Waals surface area contributed by atoms with Crippen LogP contribution in [0.4, 0.5) is 0 Å². The molecule has 3 heteroatoms. The quantitative estimate of drug-likeness (QED) is 0.155. The third kappa shape index (κ3) is 9.93. The van der Waals surface area contributed by atoms with Crippen molar-refractivity contribution >= 4 is 5.91 Å². The van der Waals surface area contributed by atoms with E-state index in [9.17, 15) is 4.79 Å². The van der Waals surface area contributed by atoms with E-state index in [1.807, 2.05) is 23.1 Å². The second-order valence-corrected chi connectivity index (χ2v) is 8.74. The lowest BCUT2D eigenvalue weighted by Gasteiger charge is -2.03. The van der Waals surface area contributed by atoms with Gasteiger partial charge in [-0.15, -0.1) is 0 Å². The minimum atomic E-state index is 0.146. The van der Waals surface area contributed by atoms with Crippen molar-refractivity contribution in [1.82, 2.24) is 4.90 Å². The normalized spacial score (nSPS) is 18.3. The number of rotatable bonds is 17. The van der Waals surface area contributed by atoms with E-state index in [0.29, 0.717) is 13.2 Å². The van der Waals surface area contributed by atoms with Gasteiger partial charge in [-0.05, 0) is 18.4 Å². The molecule has 1 aliphatic rings. The number of ether oxygens (including phenoxy) is 1. The van der Waals surface area contributed by atoms with Gasteiger partial charge in [-0.2, -0.15) is 0 Å². The number of amides is 1. The standard InChI is InChI=1S/C27H43NO2/c1-3-4-5-6-7-8-9-10-11-12-13-14-18-21-26-27(28(26)24(2)29)23-30-22-25-19-16-15-17-20-25/h15-21,26-27H,3-14,22-23H2,1-2H3/b21-18+/t26-,27-,28?/m0/s1. The smallest absolute Gasteiger partial charge is 0.220 e. The highest BCUT2D eigenvalue weighted by Crippen LogP contribution is 2.30. The lowest BCUT2D eigenvalue weighted by Crippen LogP contribution is -2.12. The number of nitrogens with zero attached hydrogens (tertiary/aromatic N) is 1. The third-order valence-electron chi connectivity index (χ3n) is 6.05. The Morgan fingerprint density at radius 1 is 0.933 bits per heavy atom. The summed E-state index contributed by atoms with van der Waals surface area (Å²) in [5, 5.41) is 0. The SMILES string of the molecule is CCCCCCCCCCCCC/C=C/[C@H]1[C@H](COCc2ccccc2)N1C(C)=O. The summed E-state index contributed by atoms with van der Waals surface area (Å²) in [5.74, 6) is 0.146. The maximum atomic E-state index is 11.8. The highest BCUT2D eigenvalue weighted by molar-refractivity contribution is 5.77. The molecule has 0 bridgehead atoms. The van der Waals surface area contributed by atoms with Gasteiger partial charge < -0.3 is 9.64 Å². The van der Waals surface area contributed by atoms with Crippen molar-refractivity contribution in [3.8, 4) is 0 Å². The Bertz CT molecular complexity index is 598. The van der Waals surface area contributed by atoms with Gasteiger partial charge in [0.2, 0.25) is 5.91 Å². The molecule has 2 rings (SSSR count). The Hall–Kier alpha value is -1.61. The molecule has 0 saturated carbocycles. The molecule has 1 aliphatic heterocycles. The largest absolute Gasteiger partial charge is 0.375 e. The van der Waals surface area contributed by atoms with E-state index in [-0.39, 0.29) is 18.0 Å². The molecule has 3 nitrogen and oxygen atoms in total. The molecule has 0 unspecified atom stereocenters. The fourth-order valence-corrected chi connectivity index (χ4v) is 4.18. The second-order valence-electron chi connectivity index (χ2n) is 8.74. The fraction of sp³-hybridized carbons (Fsp3) is 0.667. The van der Waals surface area contributed by atoms with Gasteiger partial charge in [0, 0.05) is 6.92 Å². The predicted octanol–water partition coefficient (Wildman–Crippen LogP) is 7.06. The first-order valence-corrected chi connectivity index (χ1v) is 12.3. The van der Waals surface area contributed by atoms with Crippen molar-refractivity contribution in [1.29, 1.82) is 0 Å². The summed E-state index contributed by atoms with van der Waals surface area (Å²) in [4.78, 5) is 13.8. The van der Waals surface area contributed by atoms with Gasteiger partial charge in [-0.25, -0.2) is 0 Å². The molecule has 0 N–H and O–H groups in total. The lowest BCUT2D eigenvalue weighted by molar-refractivity contribution is -0.124. The Morgan fingerprint density at radius 3 is 2.13 bits per heavy atom. The molecular formula is C27H43NO2. The van der Waals surface area contributed by atoms with Crippen LogP contribution in [0.3, 0.4) is 0 Å². The Kier molecular flexibility index (Phi) is 12.5. The topological polar surface area (TPSA) is 29.3 Å². The molecule has 2 atom stereocenters. The monoisotopic (exact) mass is 413 g/mol. The number of carbonyl (C=O) groups excluding carboxylic acids is 1. The number of unbranched alkanes of at least 4 members (excludes halogenated alkanes) is 11. The van der Waals surface area contributed by atoms with Crippen LogP contribution < -0.4 is 0 Å². The molecule has 1 saturated heterocycles. The van der Waals surface area contributed by atoms with E-state index in [0.717, 1.165) is 6.42 Å². The summed E-state index contributed by atoms with van der Waals surface area (Å²) in [6, 6.07) is 10.6. The maximum Gasteiger partial charge on any atom is 0.220 e. The summed E-state index contributed by atoms with van der Waals surface area (Å²) < 4.78 is 5.85. The molecule has 0 aliphatic carbocycles. The van der Waals surface area contributed by atoms with Gasteiger partial charge in [-0.3, -0.25) is 4.79 Å². The molecule has 1 heterocycles. The van der Waals surface area contributed by atoms with Crippen LogP contribution in [-0.4, -0.2) is 29.5 Å². The van der Waals surface area contributed by atoms with Gasteiger partial charge in [0.25, 0.3) is 0 Å². The average molecular weight is 414 g/mol. The molecule has 1 aromatic rings. The van der Waals surface area contributed by atoms with E-state index >= 15 is 0 Å². The summed E-state index contributed by atoms with van der Waals surface area (Å²) in [6.45, 7) is 5.15. The van der Waals surface area contributed by atoms with E-state index in [2.05, 4.69) is 31.2 Å². The van der Waals surface area contributed by atoms with Crippen LogP contribution >= 0.6 is 0 Å². The number of benzene rings is 1. The van der Waals surface area contributed by atoms with E-state index in [4.69, 9.17) is 4.74 Å². The second kappa shape index (κ2) is 15.2. The Morgan fingerprint density at radius 2 is 1.53 bits per heavy atom. The number of allylic oxidation sites excluding steroid dienone is 1. The van der Waals surface area contributed by atoms with Crippen LogP contribution in [0.15, 0.2) is 42.5 Å². The van der Waals surface area contributed by atoms with Gasteiger partial charge in [0.05, 0.1) is 25.3 Å². The number of hydrogen-bond acceptors (Lipinski definition) is 2. The molecule has 0 radical (unpaired) electrons. The van der Waals surface area contributed by atoms with Crippen LogP contribution in [0.2, 0.25) is 0 Å². The molecule has 1 aromatic carbocycles. The molecule has 1 amide bonds. The van der Waals surface area contributed by atoms with Gasteiger partial charge >= 0.3 is 0 Å². The molecule has 0 spiro atoms. The highest BCUT2D eigenvalue weighted by Gasteiger charge is 2.47. The zero-order valence-corrected chi connectivity index (χ0v) is 19.4. The van der Waals surface area contributed by atoms with Crippen LogP contribution in [-0.2, 0) is 16.1 Å². The zero-order valence-electron chi connectivity index (χ0n) is 19.4. The number of carbonyl (C=O) groups is 1. The predicted molar refractivity (Wildman–Crippen MR) is 126 cm³/mol. The van der Waals surface area contributed by atoms with Crippen molar-refractivity contribution in [3.63, 3.8) is 0 Å². The summed E-state index contributed by atoms with van der Waals surface area (Å²) in [7, 11) is 0. The molecule has 168 valence electrons. The first-order chi connectivity index (χ1) is 14.7. The molecular weight excluding hydrogens is 370 g/mol. The first kappa shape index (κ1) is 24.7. The third-order valence-corrected chi connectivity index (χ3v) is 6.05. The summed E-state index contributed by atoms with van der Waals surface area (Å²) >= 11 is 0. The maximum absolute atomic E-state index is 11.8. The van der Waals surface area contributed by atoms with E-state index < -0.39 is 0 Å². The Labute approximate surface area is 184 Å². The van der Waals surface area contributed by atoms with Crippen LogP contribution in [0.5, 0.6) is 0 Å². The van der Waals surface area contributed by atoms with Crippen molar-refractivity contribution in [2.45, 2.75) is 110 Å². The van der Waals surface area contributed by atoms with Crippen LogP contribution in [0.25, 0.3) is 0 Å². The van der Waals surface area contributed by atoms with Gasteiger partial charge in [-0.1, -0.05) is 114 Å². The molecule has 30 heavy (non-hydrogen) atoms. The van der Waals surface area contributed by atoms with Crippen LogP contribution in [0.1, 0.15) is 96.5 Å².